The molecule has 0 amide bonds. The minimum Gasteiger partial charge on any atom is -0.472 e. The molecule has 0 saturated heterocycles. The van der Waals surface area contributed by atoms with E-state index in [9.17, 15) is 8.42 Å². The van der Waals surface area contributed by atoms with Crippen molar-refractivity contribution in [1.29, 1.82) is 0 Å². The van der Waals surface area contributed by atoms with Gasteiger partial charge in [0.2, 0.25) is 10.0 Å². The molecule has 1 aromatic rings. The zero-order valence-corrected chi connectivity index (χ0v) is 10.9. The zero-order chi connectivity index (χ0) is 12.3. The molecule has 1 saturated carbocycles. The SMILES string of the molecule is CS(=O)(=O)N(Cc1ccoc1)C1CCCCC1. The molecule has 2 rings (SSSR count). The van der Waals surface area contributed by atoms with Crippen molar-refractivity contribution in [1.82, 2.24) is 4.31 Å². The molecule has 17 heavy (non-hydrogen) atoms. The molecule has 0 aliphatic heterocycles. The smallest absolute Gasteiger partial charge is 0.211 e. The van der Waals surface area contributed by atoms with Crippen LogP contribution in [0.1, 0.15) is 37.7 Å². The zero-order valence-electron chi connectivity index (χ0n) is 10.1. The van der Waals surface area contributed by atoms with Crippen molar-refractivity contribution in [2.75, 3.05) is 6.26 Å². The van der Waals surface area contributed by atoms with Crippen LogP contribution in [0.25, 0.3) is 0 Å². The number of furan rings is 1. The topological polar surface area (TPSA) is 50.5 Å². The van der Waals surface area contributed by atoms with E-state index in [2.05, 4.69) is 0 Å². The Balaban J connectivity index is 2.13. The van der Waals surface area contributed by atoms with Crippen molar-refractivity contribution in [3.8, 4) is 0 Å². The predicted molar refractivity (Wildman–Crippen MR) is 66.0 cm³/mol. The maximum absolute atomic E-state index is 11.9. The number of hydrogen-bond donors (Lipinski definition) is 0. The monoisotopic (exact) mass is 257 g/mol. The van der Waals surface area contributed by atoms with Crippen LogP contribution in [0.4, 0.5) is 0 Å². The molecule has 4 nitrogen and oxygen atoms in total. The first-order valence-electron chi connectivity index (χ1n) is 6.05. The van der Waals surface area contributed by atoms with Gasteiger partial charge >= 0.3 is 0 Å². The average molecular weight is 257 g/mol. The number of nitrogens with zero attached hydrogens (tertiary/aromatic N) is 1. The maximum atomic E-state index is 11.9. The van der Waals surface area contributed by atoms with Crippen molar-refractivity contribution in [3.63, 3.8) is 0 Å². The molecule has 5 heteroatoms. The molecule has 0 atom stereocenters. The summed E-state index contributed by atoms with van der Waals surface area (Å²) in [5.41, 5.74) is 0.918. The van der Waals surface area contributed by atoms with Crippen LogP contribution >= 0.6 is 0 Å². The third-order valence-corrected chi connectivity index (χ3v) is 4.61. The van der Waals surface area contributed by atoms with Gasteiger partial charge in [-0.25, -0.2) is 8.42 Å². The second-order valence-corrected chi connectivity index (χ2v) is 6.67. The van der Waals surface area contributed by atoms with E-state index in [0.29, 0.717) is 6.54 Å². The molecule has 96 valence electrons. The fourth-order valence-corrected chi connectivity index (χ4v) is 3.58. The fraction of sp³-hybridized carbons (Fsp3) is 0.667. The van der Waals surface area contributed by atoms with Crippen molar-refractivity contribution >= 4 is 10.0 Å². The first kappa shape index (κ1) is 12.6. The summed E-state index contributed by atoms with van der Waals surface area (Å²) >= 11 is 0. The molecular formula is C12H19NO3S. The van der Waals surface area contributed by atoms with Crippen molar-refractivity contribution in [2.24, 2.45) is 0 Å². The highest BCUT2D eigenvalue weighted by Gasteiger charge is 2.28. The van der Waals surface area contributed by atoms with Gasteiger partial charge < -0.3 is 4.42 Å². The largest absolute Gasteiger partial charge is 0.472 e. The third kappa shape index (κ3) is 3.33. The summed E-state index contributed by atoms with van der Waals surface area (Å²) in [6.07, 6.45) is 9.92. The van der Waals surface area contributed by atoms with E-state index >= 15 is 0 Å². The molecule has 0 N–H and O–H groups in total. The quantitative estimate of drug-likeness (QED) is 0.832. The predicted octanol–water partition coefficient (Wildman–Crippen LogP) is 2.37. The highest BCUT2D eigenvalue weighted by Crippen LogP contribution is 2.26. The Labute approximate surface area is 103 Å². The molecule has 0 bridgehead atoms. The molecule has 1 aromatic heterocycles. The lowest BCUT2D eigenvalue weighted by Crippen LogP contribution is -2.40. The van der Waals surface area contributed by atoms with E-state index in [0.717, 1.165) is 31.2 Å². The van der Waals surface area contributed by atoms with E-state index in [4.69, 9.17) is 4.42 Å². The lowest BCUT2D eigenvalue weighted by Gasteiger charge is -2.32. The summed E-state index contributed by atoms with van der Waals surface area (Å²) in [5.74, 6) is 0. The van der Waals surface area contributed by atoms with Crippen molar-refractivity contribution < 1.29 is 12.8 Å². The van der Waals surface area contributed by atoms with Crippen LogP contribution in [-0.4, -0.2) is 25.0 Å². The molecule has 1 aliphatic rings. The first-order valence-corrected chi connectivity index (χ1v) is 7.90. The van der Waals surface area contributed by atoms with Crippen molar-refractivity contribution in [3.05, 3.63) is 24.2 Å². The summed E-state index contributed by atoms with van der Waals surface area (Å²) in [6, 6.07) is 1.98. The molecule has 1 heterocycles. The van der Waals surface area contributed by atoms with E-state index < -0.39 is 10.0 Å². The molecule has 0 radical (unpaired) electrons. The Kier molecular flexibility index (Phi) is 3.89. The van der Waals surface area contributed by atoms with Gasteiger partial charge in [0.1, 0.15) is 0 Å². The van der Waals surface area contributed by atoms with Crippen LogP contribution < -0.4 is 0 Å². The summed E-state index contributed by atoms with van der Waals surface area (Å²) in [5, 5.41) is 0. The number of sulfonamides is 1. The summed E-state index contributed by atoms with van der Waals surface area (Å²) in [4.78, 5) is 0. The van der Waals surface area contributed by atoms with E-state index in [1.807, 2.05) is 6.07 Å². The molecule has 0 unspecified atom stereocenters. The Morgan fingerprint density at radius 1 is 1.35 bits per heavy atom. The van der Waals surface area contributed by atoms with Gasteiger partial charge in [-0.2, -0.15) is 4.31 Å². The number of hydrogen-bond acceptors (Lipinski definition) is 3. The molecule has 1 aliphatic carbocycles. The van der Waals surface area contributed by atoms with Gasteiger partial charge in [-0.3, -0.25) is 0 Å². The van der Waals surface area contributed by atoms with Crippen LogP contribution in [0.3, 0.4) is 0 Å². The highest BCUT2D eigenvalue weighted by atomic mass is 32.2. The van der Waals surface area contributed by atoms with Gasteiger partial charge in [0.05, 0.1) is 18.8 Å². The van der Waals surface area contributed by atoms with Gasteiger partial charge in [-0.1, -0.05) is 19.3 Å². The van der Waals surface area contributed by atoms with E-state index in [-0.39, 0.29) is 6.04 Å². The molecule has 1 fully saturated rings. The van der Waals surface area contributed by atoms with Crippen LogP contribution in [-0.2, 0) is 16.6 Å². The fourth-order valence-electron chi connectivity index (χ4n) is 2.45. The van der Waals surface area contributed by atoms with Crippen LogP contribution in [0.15, 0.2) is 23.0 Å². The first-order chi connectivity index (χ1) is 8.07. The summed E-state index contributed by atoms with van der Waals surface area (Å²) in [6.45, 7) is 0.431. The van der Waals surface area contributed by atoms with Crippen molar-refractivity contribution in [2.45, 2.75) is 44.7 Å². The van der Waals surface area contributed by atoms with Gasteiger partial charge in [-0.15, -0.1) is 0 Å². The third-order valence-electron chi connectivity index (χ3n) is 3.33. The van der Waals surface area contributed by atoms with Gasteiger partial charge in [0.25, 0.3) is 0 Å². The Bertz CT molecular complexity index is 432. The van der Waals surface area contributed by atoms with Crippen LogP contribution in [0.5, 0.6) is 0 Å². The lowest BCUT2D eigenvalue weighted by molar-refractivity contribution is 0.248. The van der Waals surface area contributed by atoms with E-state index in [1.165, 1.54) is 12.7 Å². The molecule has 0 spiro atoms. The number of rotatable bonds is 4. The normalized spacial score (nSPS) is 18.7. The minimum atomic E-state index is -3.15. The van der Waals surface area contributed by atoms with Gasteiger partial charge in [0, 0.05) is 18.2 Å². The van der Waals surface area contributed by atoms with Crippen LogP contribution in [0.2, 0.25) is 0 Å². The Morgan fingerprint density at radius 3 is 2.59 bits per heavy atom. The van der Waals surface area contributed by atoms with Gasteiger partial charge in [-0.05, 0) is 18.9 Å². The summed E-state index contributed by atoms with van der Waals surface area (Å²) in [7, 11) is -3.15. The Hall–Kier alpha value is -0.810. The van der Waals surface area contributed by atoms with E-state index in [1.54, 1.807) is 16.8 Å². The standard InChI is InChI=1S/C12H19NO3S/c1-17(14,15)13(9-11-7-8-16-10-11)12-5-3-2-4-6-12/h7-8,10,12H,2-6,9H2,1H3. The van der Waals surface area contributed by atoms with Gasteiger partial charge in [0.15, 0.2) is 0 Å². The Morgan fingerprint density at radius 2 is 2.06 bits per heavy atom. The maximum Gasteiger partial charge on any atom is 0.211 e. The highest BCUT2D eigenvalue weighted by molar-refractivity contribution is 7.88. The summed E-state index contributed by atoms with van der Waals surface area (Å²) < 4.78 is 30.3. The van der Waals surface area contributed by atoms with Crippen LogP contribution in [0, 0.1) is 0 Å². The lowest BCUT2D eigenvalue weighted by atomic mass is 9.95. The average Bonchev–Trinajstić information content (AvgIpc) is 2.78. The second kappa shape index (κ2) is 5.23. The molecule has 0 aromatic carbocycles. The second-order valence-electron chi connectivity index (χ2n) is 4.73. The molecular weight excluding hydrogens is 238 g/mol. The minimum absolute atomic E-state index is 0.161.